The maximum atomic E-state index is 12.3. The molecule has 3 rings (SSSR count). The Morgan fingerprint density at radius 3 is 2.17 bits per heavy atom. The summed E-state index contributed by atoms with van der Waals surface area (Å²) in [6.45, 7) is 2.04. The number of carbonyl (C=O) groups is 1. The lowest BCUT2D eigenvalue weighted by Gasteiger charge is -2.02. The minimum Gasteiger partial charge on any atom is -0.289 e. The van der Waals surface area contributed by atoms with Gasteiger partial charge in [0, 0.05) is 5.56 Å². The highest BCUT2D eigenvalue weighted by Gasteiger charge is 2.03. The second-order valence-corrected chi connectivity index (χ2v) is 5.56. The van der Waals surface area contributed by atoms with Crippen LogP contribution in [0.25, 0.3) is 17.2 Å². The molecule has 0 aliphatic heterocycles. The van der Waals surface area contributed by atoms with Gasteiger partial charge in [0.15, 0.2) is 5.78 Å². The molecule has 0 aliphatic rings. The summed E-state index contributed by atoms with van der Waals surface area (Å²) in [7, 11) is 0. The lowest BCUT2D eigenvalue weighted by Crippen LogP contribution is -1.93. The van der Waals surface area contributed by atoms with E-state index in [0.29, 0.717) is 5.56 Å². The maximum Gasteiger partial charge on any atom is 0.185 e. The van der Waals surface area contributed by atoms with Gasteiger partial charge in [0.05, 0.1) is 0 Å². The summed E-state index contributed by atoms with van der Waals surface area (Å²) in [5.41, 5.74) is 5.20. The zero-order chi connectivity index (χ0) is 16.1. The first-order chi connectivity index (χ1) is 11.2. The molecule has 23 heavy (non-hydrogen) atoms. The van der Waals surface area contributed by atoms with Crippen molar-refractivity contribution in [2.45, 2.75) is 6.92 Å². The van der Waals surface area contributed by atoms with E-state index in [2.05, 4.69) is 18.2 Å². The van der Waals surface area contributed by atoms with Crippen molar-refractivity contribution in [3.8, 4) is 11.1 Å². The van der Waals surface area contributed by atoms with Crippen molar-refractivity contribution in [2.24, 2.45) is 0 Å². The van der Waals surface area contributed by atoms with Crippen LogP contribution < -0.4 is 0 Å². The van der Waals surface area contributed by atoms with Gasteiger partial charge in [-0.3, -0.25) is 4.79 Å². The fraction of sp³-hybridized carbons (Fsp3) is 0.0455. The second kappa shape index (κ2) is 6.89. The molecule has 3 aromatic rings. The predicted octanol–water partition coefficient (Wildman–Crippen LogP) is 5.56. The summed E-state index contributed by atoms with van der Waals surface area (Å²) in [6, 6.07) is 26.0. The minimum absolute atomic E-state index is 0.0196. The van der Waals surface area contributed by atoms with Gasteiger partial charge in [0.1, 0.15) is 0 Å². The Morgan fingerprint density at radius 1 is 0.783 bits per heavy atom. The normalized spacial score (nSPS) is 10.8. The van der Waals surface area contributed by atoms with Gasteiger partial charge in [0.25, 0.3) is 0 Å². The van der Waals surface area contributed by atoms with Crippen LogP contribution in [0.2, 0.25) is 0 Å². The van der Waals surface area contributed by atoms with Crippen LogP contribution in [0.4, 0.5) is 0 Å². The zero-order valence-electron chi connectivity index (χ0n) is 13.1. The number of hydrogen-bond acceptors (Lipinski definition) is 1. The molecule has 0 heterocycles. The number of carbonyl (C=O) groups excluding carboxylic acids is 1. The van der Waals surface area contributed by atoms with E-state index in [4.69, 9.17) is 0 Å². The molecule has 0 aromatic heterocycles. The first kappa shape index (κ1) is 15.0. The van der Waals surface area contributed by atoms with E-state index in [1.54, 1.807) is 6.08 Å². The summed E-state index contributed by atoms with van der Waals surface area (Å²) < 4.78 is 0. The number of aryl methyl sites for hydroxylation is 1. The van der Waals surface area contributed by atoms with Gasteiger partial charge in [-0.15, -0.1) is 0 Å². The molecule has 0 aliphatic carbocycles. The molecule has 0 N–H and O–H groups in total. The van der Waals surface area contributed by atoms with E-state index < -0.39 is 0 Å². The lowest BCUT2D eigenvalue weighted by molar-refractivity contribution is 0.104. The quantitative estimate of drug-likeness (QED) is 0.455. The standard InChI is InChI=1S/C22H18O/c1-17-6-5-7-18(16-17)10-15-22(23)21-13-11-20(12-14-21)19-8-3-2-4-9-19/h2-16H,1H3. The summed E-state index contributed by atoms with van der Waals surface area (Å²) >= 11 is 0. The number of rotatable bonds is 4. The second-order valence-electron chi connectivity index (χ2n) is 5.56. The van der Waals surface area contributed by atoms with E-state index in [-0.39, 0.29) is 5.78 Å². The predicted molar refractivity (Wildman–Crippen MR) is 96.4 cm³/mol. The van der Waals surface area contributed by atoms with Gasteiger partial charge < -0.3 is 0 Å². The van der Waals surface area contributed by atoms with Crippen LogP contribution in [-0.2, 0) is 0 Å². The molecule has 112 valence electrons. The first-order valence-corrected chi connectivity index (χ1v) is 7.67. The Hall–Kier alpha value is -2.93. The minimum atomic E-state index is 0.0196. The molecular weight excluding hydrogens is 280 g/mol. The van der Waals surface area contributed by atoms with Crippen LogP contribution >= 0.6 is 0 Å². The average molecular weight is 298 g/mol. The van der Waals surface area contributed by atoms with Crippen LogP contribution in [0.1, 0.15) is 21.5 Å². The van der Waals surface area contributed by atoms with Crippen LogP contribution in [0, 0.1) is 6.92 Å². The van der Waals surface area contributed by atoms with Crippen molar-refractivity contribution < 1.29 is 4.79 Å². The number of hydrogen-bond donors (Lipinski definition) is 0. The maximum absolute atomic E-state index is 12.3. The van der Waals surface area contributed by atoms with Crippen molar-refractivity contribution in [2.75, 3.05) is 0 Å². The van der Waals surface area contributed by atoms with E-state index in [0.717, 1.165) is 16.7 Å². The van der Waals surface area contributed by atoms with Crippen LogP contribution in [-0.4, -0.2) is 5.78 Å². The molecule has 3 aromatic carbocycles. The van der Waals surface area contributed by atoms with Crippen molar-refractivity contribution in [3.05, 3.63) is 102 Å². The van der Waals surface area contributed by atoms with E-state index in [9.17, 15) is 4.79 Å². The van der Waals surface area contributed by atoms with E-state index in [1.165, 1.54) is 5.56 Å². The summed E-state index contributed by atoms with van der Waals surface area (Å²) in [4.78, 5) is 12.3. The molecule has 0 atom stereocenters. The van der Waals surface area contributed by atoms with E-state index >= 15 is 0 Å². The van der Waals surface area contributed by atoms with Gasteiger partial charge in [0.2, 0.25) is 0 Å². The third-order valence-corrected chi connectivity index (χ3v) is 3.75. The van der Waals surface area contributed by atoms with E-state index in [1.807, 2.05) is 73.7 Å². The Kier molecular flexibility index (Phi) is 4.49. The van der Waals surface area contributed by atoms with Gasteiger partial charge in [-0.05, 0) is 29.7 Å². The molecule has 0 unspecified atom stereocenters. The Labute approximate surface area is 136 Å². The fourth-order valence-corrected chi connectivity index (χ4v) is 2.50. The van der Waals surface area contributed by atoms with Crippen LogP contribution in [0.3, 0.4) is 0 Å². The fourth-order valence-electron chi connectivity index (χ4n) is 2.50. The topological polar surface area (TPSA) is 17.1 Å². The van der Waals surface area contributed by atoms with Gasteiger partial charge in [-0.25, -0.2) is 0 Å². The number of allylic oxidation sites excluding steroid dienone is 1. The summed E-state index contributed by atoms with van der Waals surface area (Å²) in [5.74, 6) is 0.0196. The van der Waals surface area contributed by atoms with Crippen molar-refractivity contribution in [1.82, 2.24) is 0 Å². The Bertz CT molecular complexity index is 827. The molecule has 0 bridgehead atoms. The SMILES string of the molecule is Cc1cccc(C=CC(=O)c2ccc(-c3ccccc3)cc2)c1. The summed E-state index contributed by atoms with van der Waals surface area (Å²) in [6.07, 6.45) is 3.49. The monoisotopic (exact) mass is 298 g/mol. The highest BCUT2D eigenvalue weighted by molar-refractivity contribution is 6.07. The molecular formula is C22H18O. The third-order valence-electron chi connectivity index (χ3n) is 3.75. The molecule has 0 saturated heterocycles. The van der Waals surface area contributed by atoms with Crippen molar-refractivity contribution in [3.63, 3.8) is 0 Å². The van der Waals surface area contributed by atoms with Gasteiger partial charge in [-0.1, -0.05) is 90.5 Å². The van der Waals surface area contributed by atoms with Gasteiger partial charge >= 0.3 is 0 Å². The van der Waals surface area contributed by atoms with Crippen molar-refractivity contribution in [1.29, 1.82) is 0 Å². The van der Waals surface area contributed by atoms with Gasteiger partial charge in [-0.2, -0.15) is 0 Å². The number of benzene rings is 3. The molecule has 0 amide bonds. The molecule has 0 spiro atoms. The van der Waals surface area contributed by atoms with Crippen LogP contribution in [0.15, 0.2) is 84.9 Å². The molecule has 0 radical (unpaired) electrons. The first-order valence-electron chi connectivity index (χ1n) is 7.67. The highest BCUT2D eigenvalue weighted by atomic mass is 16.1. The van der Waals surface area contributed by atoms with Crippen LogP contribution in [0.5, 0.6) is 0 Å². The molecule has 1 nitrogen and oxygen atoms in total. The average Bonchev–Trinajstić information content (AvgIpc) is 2.61. The third kappa shape index (κ3) is 3.83. The Balaban J connectivity index is 1.75. The Morgan fingerprint density at radius 2 is 1.48 bits per heavy atom. The largest absolute Gasteiger partial charge is 0.289 e. The smallest absolute Gasteiger partial charge is 0.185 e. The highest BCUT2D eigenvalue weighted by Crippen LogP contribution is 2.19. The molecule has 1 heteroatoms. The van der Waals surface area contributed by atoms with Crippen molar-refractivity contribution >= 4 is 11.9 Å². The summed E-state index contributed by atoms with van der Waals surface area (Å²) in [5, 5.41) is 0. The lowest BCUT2D eigenvalue weighted by atomic mass is 10.0. The molecule has 0 saturated carbocycles. The zero-order valence-corrected chi connectivity index (χ0v) is 13.1. The number of ketones is 1. The molecule has 0 fully saturated rings.